The molecule has 0 bridgehead atoms. The summed E-state index contributed by atoms with van der Waals surface area (Å²) in [6.07, 6.45) is 5.04. The first-order valence-electron chi connectivity index (χ1n) is 10.9. The predicted octanol–water partition coefficient (Wildman–Crippen LogP) is 7.63. The van der Waals surface area contributed by atoms with Gasteiger partial charge in [-0.15, -0.1) is 0 Å². The number of hydrogen-bond donors (Lipinski definition) is 0. The Morgan fingerprint density at radius 2 is 1.55 bits per heavy atom. The van der Waals surface area contributed by atoms with Gasteiger partial charge in [-0.3, -0.25) is 0 Å². The normalized spacial score (nSPS) is 18.5. The molecule has 2 atom stereocenters. The molecule has 0 amide bonds. The number of aryl methyl sites for hydroxylation is 1. The van der Waals surface area contributed by atoms with Gasteiger partial charge in [0.1, 0.15) is 0 Å². The van der Waals surface area contributed by atoms with E-state index in [0.717, 1.165) is 0 Å². The van der Waals surface area contributed by atoms with Crippen LogP contribution in [0.25, 0.3) is 11.1 Å². The van der Waals surface area contributed by atoms with Gasteiger partial charge in [0.15, 0.2) is 0 Å². The maximum Gasteiger partial charge on any atom is 0.0798 e. The molecule has 1 aliphatic rings. The Bertz CT molecular complexity index is 915. The van der Waals surface area contributed by atoms with Crippen LogP contribution in [0.5, 0.6) is 0 Å². The molecule has 1 aliphatic heterocycles. The molecule has 2 heteroatoms. The van der Waals surface area contributed by atoms with Crippen molar-refractivity contribution in [1.82, 2.24) is 4.90 Å². The highest BCUT2D eigenvalue weighted by Crippen LogP contribution is 2.42. The van der Waals surface area contributed by atoms with E-state index in [1.165, 1.54) is 22.3 Å². The van der Waals surface area contributed by atoms with Crippen molar-refractivity contribution < 1.29 is 0 Å². The van der Waals surface area contributed by atoms with Gasteiger partial charge in [-0.05, 0) is 58.0 Å². The molecule has 0 spiro atoms. The summed E-state index contributed by atoms with van der Waals surface area (Å²) in [5.41, 5.74) is 7.01. The second kappa shape index (κ2) is 8.35. The van der Waals surface area contributed by atoms with Crippen molar-refractivity contribution in [3.63, 3.8) is 0 Å². The summed E-state index contributed by atoms with van der Waals surface area (Å²) in [5, 5.41) is 1.60. The molecule has 0 N–H and O–H groups in total. The van der Waals surface area contributed by atoms with Gasteiger partial charge >= 0.3 is 0 Å². The summed E-state index contributed by atoms with van der Waals surface area (Å²) in [4.78, 5) is 2.44. The van der Waals surface area contributed by atoms with Gasteiger partial charge in [0.05, 0.1) is 14.1 Å². The van der Waals surface area contributed by atoms with E-state index in [1.54, 1.807) is 10.8 Å². The first-order valence-corrected chi connectivity index (χ1v) is 14.4. The van der Waals surface area contributed by atoms with Gasteiger partial charge in [0, 0.05) is 7.05 Å². The van der Waals surface area contributed by atoms with E-state index in [9.17, 15) is 0 Å². The average Bonchev–Trinajstić information content (AvgIpc) is 2.67. The van der Waals surface area contributed by atoms with Crippen LogP contribution in [-0.2, 0) is 0 Å². The number of benzene rings is 2. The molecular weight excluding hydrogens is 366 g/mol. The lowest BCUT2D eigenvalue weighted by Crippen LogP contribution is -2.34. The van der Waals surface area contributed by atoms with Crippen LogP contribution in [0.2, 0.25) is 19.6 Å². The molecule has 2 unspecified atom stereocenters. The zero-order chi connectivity index (χ0) is 21.3. The summed E-state index contributed by atoms with van der Waals surface area (Å²) < 4.78 is 0. The molecule has 154 valence electrons. The second-order valence-corrected chi connectivity index (χ2v) is 15.0. The Balaban J connectivity index is 2.19. The fourth-order valence-electron chi connectivity index (χ4n) is 4.35. The SMILES string of the molecule is Cc1cccc(-c2ccccc2)c1C1C=C(C(C)C(C)C)C([Si](C)(C)C)=CN1C. The number of rotatable bonds is 5. The highest BCUT2D eigenvalue weighted by molar-refractivity contribution is 6.84. The molecule has 0 aromatic heterocycles. The topological polar surface area (TPSA) is 3.24 Å². The lowest BCUT2D eigenvalue weighted by atomic mass is 9.83. The smallest absolute Gasteiger partial charge is 0.0798 e. The van der Waals surface area contributed by atoms with E-state index in [2.05, 4.69) is 120 Å². The van der Waals surface area contributed by atoms with Crippen molar-refractivity contribution >= 4 is 8.07 Å². The Labute approximate surface area is 179 Å². The number of hydrogen-bond acceptors (Lipinski definition) is 1. The van der Waals surface area contributed by atoms with Crippen LogP contribution in [0.4, 0.5) is 0 Å². The van der Waals surface area contributed by atoms with Crippen LogP contribution in [0, 0.1) is 18.8 Å². The summed E-state index contributed by atoms with van der Waals surface area (Å²) in [6.45, 7) is 16.8. The maximum atomic E-state index is 2.58. The average molecular weight is 404 g/mol. The van der Waals surface area contributed by atoms with Crippen LogP contribution in [0.15, 0.2) is 71.6 Å². The van der Waals surface area contributed by atoms with E-state index in [0.29, 0.717) is 11.8 Å². The molecule has 0 aliphatic carbocycles. The highest BCUT2D eigenvalue weighted by Gasteiger charge is 2.33. The first-order chi connectivity index (χ1) is 13.6. The van der Waals surface area contributed by atoms with Gasteiger partial charge in [0.2, 0.25) is 0 Å². The third kappa shape index (κ3) is 4.43. The quantitative estimate of drug-likeness (QED) is 0.464. The van der Waals surface area contributed by atoms with Crippen molar-refractivity contribution in [2.75, 3.05) is 7.05 Å². The number of nitrogens with zero attached hydrogens (tertiary/aromatic N) is 1. The van der Waals surface area contributed by atoms with Crippen molar-refractivity contribution in [3.8, 4) is 11.1 Å². The van der Waals surface area contributed by atoms with Gasteiger partial charge in [-0.1, -0.05) is 95.0 Å². The van der Waals surface area contributed by atoms with Crippen molar-refractivity contribution in [2.24, 2.45) is 11.8 Å². The van der Waals surface area contributed by atoms with Crippen LogP contribution in [-0.4, -0.2) is 20.0 Å². The van der Waals surface area contributed by atoms with Crippen LogP contribution >= 0.6 is 0 Å². The minimum atomic E-state index is -1.44. The molecule has 0 fully saturated rings. The Hall–Kier alpha value is -2.06. The highest BCUT2D eigenvalue weighted by atomic mass is 28.3. The number of likely N-dealkylation sites (N-methyl/N-ethyl adjacent to an activating group) is 1. The molecule has 2 aromatic rings. The zero-order valence-electron chi connectivity index (χ0n) is 19.5. The van der Waals surface area contributed by atoms with Crippen LogP contribution in [0.3, 0.4) is 0 Å². The lowest BCUT2D eigenvalue weighted by Gasteiger charge is -2.39. The summed E-state index contributed by atoms with van der Waals surface area (Å²) in [7, 11) is 0.809. The molecule has 1 nitrogen and oxygen atoms in total. The summed E-state index contributed by atoms with van der Waals surface area (Å²) >= 11 is 0. The third-order valence-corrected chi connectivity index (χ3v) is 8.46. The minimum Gasteiger partial charge on any atom is -0.370 e. The maximum absolute atomic E-state index is 2.58. The van der Waals surface area contributed by atoms with E-state index < -0.39 is 8.07 Å². The van der Waals surface area contributed by atoms with Gasteiger partial charge in [-0.25, -0.2) is 0 Å². The van der Waals surface area contributed by atoms with E-state index in [-0.39, 0.29) is 6.04 Å². The molecular formula is C27H37NSi. The minimum absolute atomic E-state index is 0.266. The lowest BCUT2D eigenvalue weighted by molar-refractivity contribution is 0.374. The van der Waals surface area contributed by atoms with E-state index in [1.807, 2.05) is 0 Å². The molecule has 1 heterocycles. The molecule has 0 saturated heterocycles. The largest absolute Gasteiger partial charge is 0.370 e. The second-order valence-electron chi connectivity index (χ2n) is 9.96. The molecule has 0 radical (unpaired) electrons. The molecule has 2 aromatic carbocycles. The Morgan fingerprint density at radius 3 is 2.14 bits per heavy atom. The molecule has 3 rings (SSSR count). The fraction of sp³-hybridized carbons (Fsp3) is 0.407. The third-order valence-electron chi connectivity index (χ3n) is 6.42. The zero-order valence-corrected chi connectivity index (χ0v) is 20.5. The standard InChI is InChI=1S/C27H37NSi/c1-19(2)21(4)24-17-25(28(5)18-26(24)29(6,7)8)27-20(3)13-12-16-23(27)22-14-10-9-11-15-22/h9-19,21,25H,1-8H3. The van der Waals surface area contributed by atoms with Crippen LogP contribution < -0.4 is 0 Å². The Kier molecular flexibility index (Phi) is 6.23. The predicted molar refractivity (Wildman–Crippen MR) is 131 cm³/mol. The van der Waals surface area contributed by atoms with E-state index >= 15 is 0 Å². The monoisotopic (exact) mass is 403 g/mol. The Morgan fingerprint density at radius 1 is 0.897 bits per heavy atom. The molecule has 0 saturated carbocycles. The van der Waals surface area contributed by atoms with Gasteiger partial charge in [0.25, 0.3) is 0 Å². The van der Waals surface area contributed by atoms with Crippen molar-refractivity contribution in [2.45, 2.75) is 53.4 Å². The van der Waals surface area contributed by atoms with Gasteiger partial charge < -0.3 is 4.90 Å². The van der Waals surface area contributed by atoms with Crippen molar-refractivity contribution in [3.05, 3.63) is 82.7 Å². The van der Waals surface area contributed by atoms with Gasteiger partial charge in [-0.2, -0.15) is 0 Å². The van der Waals surface area contributed by atoms with E-state index in [4.69, 9.17) is 0 Å². The van der Waals surface area contributed by atoms with Crippen molar-refractivity contribution in [1.29, 1.82) is 0 Å². The number of allylic oxidation sites excluding steroid dienone is 2. The molecule has 29 heavy (non-hydrogen) atoms. The first kappa shape index (κ1) is 21.6. The fourth-order valence-corrected chi connectivity index (χ4v) is 6.12. The summed E-state index contributed by atoms with van der Waals surface area (Å²) in [5.74, 6) is 1.20. The summed E-state index contributed by atoms with van der Waals surface area (Å²) in [6, 6.07) is 17.8. The van der Waals surface area contributed by atoms with Crippen LogP contribution in [0.1, 0.15) is 37.9 Å².